The molecule has 12 heteroatoms. The fourth-order valence-corrected chi connectivity index (χ4v) is 3.94. The van der Waals surface area contributed by atoms with Gasteiger partial charge in [-0.1, -0.05) is 16.7 Å². The number of aromatic nitrogens is 4. The third-order valence-electron chi connectivity index (χ3n) is 5.09. The van der Waals surface area contributed by atoms with Crippen LogP contribution >= 0.6 is 22.9 Å². The second-order valence-corrected chi connectivity index (χ2v) is 8.54. The molecule has 3 heterocycles. The van der Waals surface area contributed by atoms with Gasteiger partial charge in [-0.2, -0.15) is 0 Å². The van der Waals surface area contributed by atoms with Gasteiger partial charge >= 0.3 is 0 Å². The van der Waals surface area contributed by atoms with Gasteiger partial charge < -0.3 is 9.47 Å². The van der Waals surface area contributed by atoms with Gasteiger partial charge in [-0.3, -0.25) is 15.1 Å². The van der Waals surface area contributed by atoms with Crippen molar-refractivity contribution >= 4 is 34.0 Å². The first-order valence-corrected chi connectivity index (χ1v) is 10.8. The van der Waals surface area contributed by atoms with E-state index in [0.29, 0.717) is 29.0 Å². The Kier molecular flexibility index (Phi) is 6.20. The van der Waals surface area contributed by atoms with Crippen molar-refractivity contribution in [1.29, 1.82) is 0 Å². The van der Waals surface area contributed by atoms with Crippen molar-refractivity contribution in [2.75, 3.05) is 19.0 Å². The molecule has 0 radical (unpaired) electrons. The number of hydrogen-bond acceptors (Lipinski definition) is 8. The van der Waals surface area contributed by atoms with Crippen molar-refractivity contribution in [1.82, 2.24) is 20.2 Å². The topological polar surface area (TPSA) is 99.1 Å². The third kappa shape index (κ3) is 4.63. The SMILES string of the molecule is COc1cnc(Cl)cc1-c1cc(C)ncc1C(=O)Nc1nnc(OCC2CCC2(F)F)s1. The molecule has 0 aliphatic heterocycles. The zero-order chi connectivity index (χ0) is 22.9. The Hall–Kier alpha value is -2.92. The van der Waals surface area contributed by atoms with Gasteiger partial charge in [-0.25, -0.2) is 13.8 Å². The molecule has 1 aliphatic rings. The fourth-order valence-electron chi connectivity index (χ4n) is 3.18. The van der Waals surface area contributed by atoms with Crippen LogP contribution in [0.25, 0.3) is 11.1 Å². The summed E-state index contributed by atoms with van der Waals surface area (Å²) in [5.41, 5.74) is 2.06. The molecular weight excluding hydrogens is 464 g/mol. The molecule has 3 aromatic heterocycles. The molecule has 1 saturated carbocycles. The van der Waals surface area contributed by atoms with Gasteiger partial charge in [0.05, 0.1) is 31.4 Å². The average molecular weight is 482 g/mol. The van der Waals surface area contributed by atoms with Crippen LogP contribution in [0, 0.1) is 12.8 Å². The molecule has 1 unspecified atom stereocenters. The molecule has 1 fully saturated rings. The van der Waals surface area contributed by atoms with E-state index in [9.17, 15) is 13.6 Å². The Morgan fingerprint density at radius 3 is 2.78 bits per heavy atom. The lowest BCUT2D eigenvalue weighted by molar-refractivity contribution is -0.143. The van der Waals surface area contributed by atoms with Gasteiger partial charge in [-0.15, -0.1) is 5.10 Å². The first-order valence-electron chi connectivity index (χ1n) is 9.59. The van der Waals surface area contributed by atoms with Crippen molar-refractivity contribution in [2.45, 2.75) is 25.7 Å². The van der Waals surface area contributed by atoms with Crippen LogP contribution in [0.5, 0.6) is 10.9 Å². The summed E-state index contributed by atoms with van der Waals surface area (Å²) in [7, 11) is 1.49. The van der Waals surface area contributed by atoms with Gasteiger partial charge in [0.2, 0.25) is 5.13 Å². The minimum Gasteiger partial charge on any atom is -0.494 e. The highest BCUT2D eigenvalue weighted by molar-refractivity contribution is 7.17. The molecule has 168 valence electrons. The summed E-state index contributed by atoms with van der Waals surface area (Å²) in [5.74, 6) is -3.58. The molecule has 1 aliphatic carbocycles. The van der Waals surface area contributed by atoms with E-state index in [0.717, 1.165) is 11.3 Å². The zero-order valence-electron chi connectivity index (χ0n) is 17.1. The molecule has 0 spiro atoms. The largest absolute Gasteiger partial charge is 0.494 e. The number of nitrogens with one attached hydrogen (secondary N) is 1. The highest BCUT2D eigenvalue weighted by Crippen LogP contribution is 2.43. The maximum absolute atomic E-state index is 13.4. The standard InChI is InChI=1S/C20H18ClF2N5O3S/c1-10-5-12(13-6-16(21)25-8-15(13)30-2)14(7-24-10)17(29)26-18-27-28-19(32-18)31-9-11-3-4-20(11,22)23/h5-8,11H,3-4,9H2,1-2H3,(H,26,27,29). The summed E-state index contributed by atoms with van der Waals surface area (Å²) in [4.78, 5) is 21.2. The Balaban J connectivity index is 1.52. The average Bonchev–Trinajstić information content (AvgIpc) is 3.20. The minimum absolute atomic E-state index is 0.104. The predicted molar refractivity (Wildman–Crippen MR) is 115 cm³/mol. The summed E-state index contributed by atoms with van der Waals surface area (Å²) in [5, 5.41) is 10.8. The molecular formula is C20H18ClF2N5O3S. The molecule has 1 amide bonds. The maximum atomic E-state index is 13.4. The number of alkyl halides is 2. The Bertz CT molecular complexity index is 1160. The van der Waals surface area contributed by atoms with E-state index < -0.39 is 17.7 Å². The monoisotopic (exact) mass is 481 g/mol. The number of anilines is 1. The number of amides is 1. The van der Waals surface area contributed by atoms with Crippen molar-refractivity contribution < 1.29 is 23.0 Å². The number of hydrogen-bond donors (Lipinski definition) is 1. The summed E-state index contributed by atoms with van der Waals surface area (Å²) in [6.07, 6.45) is 3.18. The van der Waals surface area contributed by atoms with Crippen LogP contribution in [0.2, 0.25) is 5.15 Å². The highest BCUT2D eigenvalue weighted by Gasteiger charge is 2.48. The molecule has 1 N–H and O–H groups in total. The van der Waals surface area contributed by atoms with Crippen molar-refractivity contribution in [3.63, 3.8) is 0 Å². The van der Waals surface area contributed by atoms with E-state index in [4.69, 9.17) is 21.1 Å². The van der Waals surface area contributed by atoms with Gasteiger partial charge in [0, 0.05) is 29.4 Å². The lowest BCUT2D eigenvalue weighted by atomic mass is 9.81. The van der Waals surface area contributed by atoms with Crippen LogP contribution in [0.3, 0.4) is 0 Å². The van der Waals surface area contributed by atoms with Crippen LogP contribution in [0.15, 0.2) is 24.5 Å². The minimum atomic E-state index is -2.70. The van der Waals surface area contributed by atoms with Gasteiger partial charge in [0.1, 0.15) is 10.9 Å². The quantitative estimate of drug-likeness (QED) is 0.490. The van der Waals surface area contributed by atoms with Gasteiger partial charge in [0.15, 0.2) is 0 Å². The first kappa shape index (κ1) is 22.3. The molecule has 8 nitrogen and oxygen atoms in total. The van der Waals surface area contributed by atoms with Crippen molar-refractivity contribution in [2.24, 2.45) is 5.92 Å². The van der Waals surface area contributed by atoms with Gasteiger partial charge in [-0.05, 0) is 36.8 Å². The summed E-state index contributed by atoms with van der Waals surface area (Å²) in [6, 6.07) is 3.33. The van der Waals surface area contributed by atoms with E-state index in [1.807, 2.05) is 0 Å². The zero-order valence-corrected chi connectivity index (χ0v) is 18.6. The maximum Gasteiger partial charge on any atom is 0.295 e. The highest BCUT2D eigenvalue weighted by atomic mass is 35.5. The van der Waals surface area contributed by atoms with Crippen LogP contribution in [-0.2, 0) is 0 Å². The Labute approximate surface area is 191 Å². The van der Waals surface area contributed by atoms with Crippen molar-refractivity contribution in [3.05, 3.63) is 40.9 Å². The van der Waals surface area contributed by atoms with E-state index in [1.54, 1.807) is 19.1 Å². The number of methoxy groups -OCH3 is 1. The molecule has 0 bridgehead atoms. The number of pyridine rings is 2. The molecule has 0 aromatic carbocycles. The van der Waals surface area contributed by atoms with E-state index in [-0.39, 0.29) is 34.1 Å². The van der Waals surface area contributed by atoms with Gasteiger partial charge in [0.25, 0.3) is 17.0 Å². The number of carbonyl (C=O) groups is 1. The Morgan fingerprint density at radius 1 is 1.28 bits per heavy atom. The second-order valence-electron chi connectivity index (χ2n) is 7.21. The molecule has 0 saturated heterocycles. The van der Waals surface area contributed by atoms with Crippen LogP contribution in [-0.4, -0.2) is 45.7 Å². The number of halogens is 3. The molecule has 1 atom stereocenters. The lowest BCUT2D eigenvalue weighted by Crippen LogP contribution is -2.42. The Morgan fingerprint density at radius 2 is 2.09 bits per heavy atom. The summed E-state index contributed by atoms with van der Waals surface area (Å²) >= 11 is 7.00. The number of rotatable bonds is 7. The lowest BCUT2D eigenvalue weighted by Gasteiger charge is -2.35. The van der Waals surface area contributed by atoms with Crippen LogP contribution in [0.1, 0.15) is 28.9 Å². The van der Waals surface area contributed by atoms with E-state index in [2.05, 4.69) is 25.5 Å². The normalized spacial score (nSPS) is 16.8. The smallest absolute Gasteiger partial charge is 0.295 e. The number of ether oxygens (including phenoxy) is 2. The van der Waals surface area contributed by atoms with Crippen molar-refractivity contribution in [3.8, 4) is 22.1 Å². The number of carbonyl (C=O) groups excluding carboxylic acids is 1. The number of aryl methyl sites for hydroxylation is 1. The third-order valence-corrected chi connectivity index (χ3v) is 6.05. The molecule has 3 aromatic rings. The number of nitrogens with zero attached hydrogens (tertiary/aromatic N) is 4. The molecule has 4 rings (SSSR count). The molecule has 32 heavy (non-hydrogen) atoms. The van der Waals surface area contributed by atoms with E-state index >= 15 is 0 Å². The van der Waals surface area contributed by atoms with Crippen LogP contribution < -0.4 is 14.8 Å². The first-order chi connectivity index (χ1) is 15.3. The summed E-state index contributed by atoms with van der Waals surface area (Å²) < 4.78 is 37.4. The summed E-state index contributed by atoms with van der Waals surface area (Å²) in [6.45, 7) is 1.64. The second kappa shape index (κ2) is 8.91. The fraction of sp³-hybridized carbons (Fsp3) is 0.350. The van der Waals surface area contributed by atoms with E-state index in [1.165, 1.54) is 19.5 Å². The van der Waals surface area contributed by atoms with Crippen LogP contribution in [0.4, 0.5) is 13.9 Å². The predicted octanol–water partition coefficient (Wildman–Crippen LogP) is 4.64.